The summed E-state index contributed by atoms with van der Waals surface area (Å²) in [7, 11) is -4.75. The molecule has 3 aliphatic rings. The molecule has 5 N–H and O–H groups in total. The molecule has 0 saturated carbocycles. The normalized spacial score (nSPS) is 36.1. The monoisotopic (exact) mass is 678 g/mol. The lowest BCUT2D eigenvalue weighted by Gasteiger charge is -2.27. The van der Waals surface area contributed by atoms with E-state index in [1.54, 1.807) is 0 Å². The van der Waals surface area contributed by atoms with Crippen molar-refractivity contribution in [2.24, 2.45) is 0 Å². The molecule has 0 aliphatic carbocycles. The Labute approximate surface area is 249 Å². The quantitative estimate of drug-likeness (QED) is 0.183. The van der Waals surface area contributed by atoms with Crippen LogP contribution in [0, 0.1) is 0 Å². The Balaban J connectivity index is 1.17. The molecule has 0 amide bonds. The first-order valence-corrected chi connectivity index (χ1v) is 16.7. The third-order valence-corrected chi connectivity index (χ3v) is 9.75. The molecular formula is C20H21F2N10O9PS2. The molecule has 1 unspecified atom stereocenters. The molecule has 7 heterocycles. The minimum atomic E-state index is -4.75. The molecule has 24 heteroatoms. The molecule has 236 valence electrons. The number of fused-ring (bicyclic) bond motifs is 4. The summed E-state index contributed by atoms with van der Waals surface area (Å²) < 4.78 is 89.6. The summed E-state index contributed by atoms with van der Waals surface area (Å²) in [6, 6.07) is 0. The number of hydrogen-bond donors (Lipinski definition) is 4. The molecule has 0 spiro atoms. The van der Waals surface area contributed by atoms with E-state index in [2.05, 4.69) is 34.6 Å². The number of anilines is 1. The predicted octanol–water partition coefficient (Wildman–Crippen LogP) is -1.14. The lowest BCUT2D eigenvalue weighted by molar-refractivity contribution is -0.0454. The smallest absolute Gasteiger partial charge is 0.336 e. The topological polar surface area (TPSA) is 246 Å². The van der Waals surface area contributed by atoms with Gasteiger partial charge in [-0.2, -0.15) is 13.1 Å². The summed E-state index contributed by atoms with van der Waals surface area (Å²) in [6.07, 6.45) is -9.17. The first kappa shape index (κ1) is 29.6. The molecule has 3 aliphatic heterocycles. The molecule has 9 atom stereocenters. The van der Waals surface area contributed by atoms with Crippen LogP contribution in [0.5, 0.6) is 0 Å². The Morgan fingerprint density at radius 1 is 1.00 bits per heavy atom. The number of nitrogen functional groups attached to an aromatic ring is 1. The lowest BCUT2D eigenvalue weighted by Crippen LogP contribution is -2.45. The van der Waals surface area contributed by atoms with Crippen LogP contribution in [0.3, 0.4) is 0 Å². The van der Waals surface area contributed by atoms with Crippen molar-refractivity contribution in [1.82, 2.24) is 43.8 Å². The minimum Gasteiger partial charge on any atom is -0.382 e. The highest BCUT2D eigenvalue weighted by molar-refractivity contribution is 8.07. The highest BCUT2D eigenvalue weighted by Gasteiger charge is 2.53. The second-order valence-electron chi connectivity index (χ2n) is 9.86. The average Bonchev–Trinajstić information content (AvgIpc) is 3.73. The fraction of sp³-hybridized carbons (Fsp3) is 0.500. The van der Waals surface area contributed by atoms with Gasteiger partial charge in [-0.05, 0) is 11.8 Å². The van der Waals surface area contributed by atoms with Gasteiger partial charge in [-0.15, -0.1) is 0 Å². The van der Waals surface area contributed by atoms with Crippen molar-refractivity contribution in [3.05, 3.63) is 35.7 Å². The highest BCUT2D eigenvalue weighted by Crippen LogP contribution is 2.50. The second kappa shape index (κ2) is 10.8. The molecule has 44 heavy (non-hydrogen) atoms. The van der Waals surface area contributed by atoms with Gasteiger partial charge in [0.1, 0.15) is 36.3 Å². The number of nitrogens with two attached hydrogens (primary N) is 1. The third-order valence-electron chi connectivity index (χ3n) is 7.19. The second-order valence-corrected chi connectivity index (χ2v) is 14.0. The number of nitrogens with zero attached hydrogens (tertiary/aromatic N) is 7. The molecule has 0 aromatic carbocycles. The number of rotatable bonds is 2. The molecule has 0 radical (unpaired) electrons. The molecule has 19 nitrogen and oxygen atoms in total. The van der Waals surface area contributed by atoms with E-state index in [0.717, 1.165) is 23.5 Å². The number of nitrogens with one attached hydrogen (secondary N) is 2. The standard InChI is InChI=1S/C20H21F2N10O9PS2/c21-9-13-7(38-19(9)32-6-29-12-17(32)26-4-27-18(12)33)1-30-44(35,36)41-14-8(2-37-42(34,43)40-13)39-20(10(14)22)31-5-28-11-15(23)24-3-25-16(11)31/h3-10,13-14,19-20,30H,1-2H2,(H,34,43)(H2,23,24,25)(H,26,27,33)/t7-,8-,9-,10-,13-,14-,19-,20-,42?/m1/s1. The molecule has 3 fully saturated rings. The number of alkyl halides is 2. The van der Waals surface area contributed by atoms with Crippen molar-refractivity contribution in [3.8, 4) is 0 Å². The maximum atomic E-state index is 15.9. The van der Waals surface area contributed by atoms with Crippen LogP contribution in [0.15, 0.2) is 30.1 Å². The van der Waals surface area contributed by atoms with Gasteiger partial charge in [0.05, 0.1) is 25.6 Å². The van der Waals surface area contributed by atoms with Crippen molar-refractivity contribution in [1.29, 1.82) is 0 Å². The summed E-state index contributed by atoms with van der Waals surface area (Å²) in [5.41, 5.74) is 5.32. The van der Waals surface area contributed by atoms with Gasteiger partial charge in [-0.25, -0.2) is 37.9 Å². The van der Waals surface area contributed by atoms with Gasteiger partial charge in [0.25, 0.3) is 5.56 Å². The van der Waals surface area contributed by atoms with Gasteiger partial charge in [0.2, 0.25) is 0 Å². The van der Waals surface area contributed by atoms with E-state index in [9.17, 15) is 18.1 Å². The SMILES string of the molecule is Nc1ncnc2c1ncn2[C@@H]1O[C@@H]2COP(O)(=S)O[C@H]3[C@@H](F)[C@H](n4cnc5c(=O)[nH]cnc54)O[C@@H]3CNS(=O)(=O)O[C@H]2[C@H]1F. The van der Waals surface area contributed by atoms with Crippen LogP contribution < -0.4 is 16.0 Å². The number of aromatic amines is 1. The number of imidazole rings is 2. The molecule has 7 rings (SSSR count). The van der Waals surface area contributed by atoms with E-state index in [1.165, 1.54) is 10.9 Å². The minimum absolute atomic E-state index is 0.0189. The zero-order valence-electron chi connectivity index (χ0n) is 21.8. The van der Waals surface area contributed by atoms with Crippen LogP contribution in [0.2, 0.25) is 0 Å². The van der Waals surface area contributed by atoms with E-state index < -0.39 is 84.9 Å². The van der Waals surface area contributed by atoms with E-state index in [-0.39, 0.29) is 28.1 Å². The van der Waals surface area contributed by atoms with Gasteiger partial charge in [-0.3, -0.25) is 18.5 Å². The summed E-state index contributed by atoms with van der Waals surface area (Å²) in [5, 5.41) is 0. The van der Waals surface area contributed by atoms with E-state index in [1.807, 2.05) is 0 Å². The largest absolute Gasteiger partial charge is 0.382 e. The van der Waals surface area contributed by atoms with Gasteiger partial charge in [0.15, 0.2) is 47.4 Å². The molecule has 4 aromatic rings. The predicted molar refractivity (Wildman–Crippen MR) is 145 cm³/mol. The Hall–Kier alpha value is -3.12. The maximum absolute atomic E-state index is 15.9. The van der Waals surface area contributed by atoms with Crippen molar-refractivity contribution >= 4 is 57.0 Å². The van der Waals surface area contributed by atoms with Crippen LogP contribution in [-0.4, -0.2) is 102 Å². The van der Waals surface area contributed by atoms with Crippen molar-refractivity contribution in [2.45, 2.75) is 49.2 Å². The fourth-order valence-corrected chi connectivity index (χ4v) is 7.59. The van der Waals surface area contributed by atoms with Crippen LogP contribution in [-0.2, 0) is 44.8 Å². The highest BCUT2D eigenvalue weighted by atomic mass is 32.5. The van der Waals surface area contributed by atoms with Crippen molar-refractivity contribution < 1.29 is 44.8 Å². The van der Waals surface area contributed by atoms with Crippen LogP contribution >= 0.6 is 6.72 Å². The Morgan fingerprint density at radius 2 is 1.66 bits per heavy atom. The molecular weight excluding hydrogens is 657 g/mol. The maximum Gasteiger partial charge on any atom is 0.336 e. The Kier molecular flexibility index (Phi) is 7.23. The van der Waals surface area contributed by atoms with Gasteiger partial charge >= 0.3 is 17.0 Å². The summed E-state index contributed by atoms with van der Waals surface area (Å²) >= 11 is 5.10. The summed E-state index contributed by atoms with van der Waals surface area (Å²) in [6.45, 7) is -5.69. The first-order chi connectivity index (χ1) is 20.9. The van der Waals surface area contributed by atoms with Crippen LogP contribution in [0.4, 0.5) is 14.6 Å². The van der Waals surface area contributed by atoms with Crippen LogP contribution in [0.1, 0.15) is 12.5 Å². The average molecular weight is 679 g/mol. The zero-order valence-corrected chi connectivity index (χ0v) is 24.3. The third kappa shape index (κ3) is 5.07. The van der Waals surface area contributed by atoms with Gasteiger partial charge in [-0.1, -0.05) is 0 Å². The van der Waals surface area contributed by atoms with E-state index in [4.69, 9.17) is 40.2 Å². The van der Waals surface area contributed by atoms with Crippen molar-refractivity contribution in [2.75, 3.05) is 18.9 Å². The summed E-state index contributed by atoms with van der Waals surface area (Å²) in [5.74, 6) is 0.0189. The van der Waals surface area contributed by atoms with E-state index >= 15 is 8.78 Å². The molecule has 0 bridgehead atoms. The number of H-pyrrole nitrogens is 1. The molecule has 4 aromatic heterocycles. The van der Waals surface area contributed by atoms with Gasteiger partial charge < -0.3 is 29.6 Å². The Bertz CT molecular complexity index is 1960. The number of ether oxygens (including phenoxy) is 2. The number of aromatic nitrogens is 8. The van der Waals surface area contributed by atoms with Gasteiger partial charge in [0, 0.05) is 6.54 Å². The van der Waals surface area contributed by atoms with Crippen LogP contribution in [0.25, 0.3) is 22.3 Å². The number of hydrogen-bond acceptors (Lipinski definition) is 15. The Morgan fingerprint density at radius 3 is 2.41 bits per heavy atom. The van der Waals surface area contributed by atoms with E-state index in [0.29, 0.717) is 0 Å². The van der Waals surface area contributed by atoms with Crippen molar-refractivity contribution in [3.63, 3.8) is 0 Å². The summed E-state index contributed by atoms with van der Waals surface area (Å²) in [4.78, 5) is 45.1. The number of halogens is 2. The molecule has 3 saturated heterocycles. The lowest BCUT2D eigenvalue weighted by atomic mass is 10.1. The fourth-order valence-electron chi connectivity index (χ4n) is 5.20. The zero-order chi connectivity index (χ0) is 31.0. The first-order valence-electron chi connectivity index (χ1n) is 12.7.